The van der Waals surface area contributed by atoms with Gasteiger partial charge in [-0.3, -0.25) is 0 Å². The molecule has 0 aromatic heterocycles. The molecule has 0 heterocycles. The molecule has 0 saturated carbocycles. The van der Waals surface area contributed by atoms with Gasteiger partial charge in [-0.1, -0.05) is 38.3 Å². The number of rotatable bonds is 7. The number of hydrogen-bond donors (Lipinski definition) is 1. The standard InChI is InChI=1S/C14H24N2/c1-3-4-5-6-11-16(2)12-13-7-9-14(15)10-8-13/h7-10H,3-6,11-12,15H2,1-2H3. The molecule has 0 fully saturated rings. The van der Waals surface area contributed by atoms with Crippen LogP contribution in [-0.4, -0.2) is 18.5 Å². The summed E-state index contributed by atoms with van der Waals surface area (Å²) in [6.45, 7) is 4.45. The molecule has 2 nitrogen and oxygen atoms in total. The molecule has 1 aromatic rings. The van der Waals surface area contributed by atoms with Crippen LogP contribution in [0.2, 0.25) is 0 Å². The fourth-order valence-corrected chi connectivity index (χ4v) is 1.82. The number of nitrogens with two attached hydrogens (primary N) is 1. The predicted molar refractivity (Wildman–Crippen MR) is 71.3 cm³/mol. The molecule has 0 amide bonds. The Bertz CT molecular complexity index is 279. The third kappa shape index (κ3) is 5.17. The van der Waals surface area contributed by atoms with Gasteiger partial charge < -0.3 is 10.6 Å². The zero-order valence-electron chi connectivity index (χ0n) is 10.6. The zero-order valence-corrected chi connectivity index (χ0v) is 10.6. The first kappa shape index (κ1) is 13.0. The summed E-state index contributed by atoms with van der Waals surface area (Å²) >= 11 is 0. The van der Waals surface area contributed by atoms with Crippen molar-refractivity contribution < 1.29 is 0 Å². The predicted octanol–water partition coefficient (Wildman–Crippen LogP) is 3.28. The first-order valence-corrected chi connectivity index (χ1v) is 6.25. The smallest absolute Gasteiger partial charge is 0.0314 e. The van der Waals surface area contributed by atoms with Crippen molar-refractivity contribution in [2.45, 2.75) is 39.2 Å². The van der Waals surface area contributed by atoms with E-state index in [1.54, 1.807) is 0 Å². The molecule has 0 spiro atoms. The Balaban J connectivity index is 2.23. The van der Waals surface area contributed by atoms with Crippen LogP contribution in [0.1, 0.15) is 38.2 Å². The van der Waals surface area contributed by atoms with Crippen LogP contribution in [0.25, 0.3) is 0 Å². The topological polar surface area (TPSA) is 29.3 Å². The number of nitrogen functional groups attached to an aromatic ring is 1. The van der Waals surface area contributed by atoms with Crippen molar-refractivity contribution in [3.8, 4) is 0 Å². The van der Waals surface area contributed by atoms with Crippen LogP contribution in [0, 0.1) is 0 Å². The van der Waals surface area contributed by atoms with Gasteiger partial charge in [0.15, 0.2) is 0 Å². The second kappa shape index (κ2) is 7.29. The molecule has 2 heteroatoms. The van der Waals surface area contributed by atoms with Gasteiger partial charge in [0.25, 0.3) is 0 Å². The molecule has 1 aromatic carbocycles. The van der Waals surface area contributed by atoms with Crippen molar-refractivity contribution >= 4 is 5.69 Å². The van der Waals surface area contributed by atoms with E-state index in [1.165, 1.54) is 37.8 Å². The summed E-state index contributed by atoms with van der Waals surface area (Å²) in [5.74, 6) is 0. The Morgan fingerprint density at radius 3 is 2.38 bits per heavy atom. The number of benzene rings is 1. The molecule has 0 bridgehead atoms. The zero-order chi connectivity index (χ0) is 11.8. The average Bonchev–Trinajstić information content (AvgIpc) is 2.28. The maximum Gasteiger partial charge on any atom is 0.0314 e. The Hall–Kier alpha value is -1.02. The lowest BCUT2D eigenvalue weighted by Gasteiger charge is -2.16. The summed E-state index contributed by atoms with van der Waals surface area (Å²) < 4.78 is 0. The number of hydrogen-bond acceptors (Lipinski definition) is 2. The number of nitrogens with zero attached hydrogens (tertiary/aromatic N) is 1. The maximum atomic E-state index is 5.66. The minimum absolute atomic E-state index is 0.842. The van der Waals surface area contributed by atoms with E-state index in [0.717, 1.165) is 12.2 Å². The van der Waals surface area contributed by atoms with Crippen LogP contribution in [-0.2, 0) is 6.54 Å². The molecular formula is C14H24N2. The highest BCUT2D eigenvalue weighted by Crippen LogP contribution is 2.08. The third-order valence-corrected chi connectivity index (χ3v) is 2.83. The van der Waals surface area contributed by atoms with E-state index in [0.29, 0.717) is 0 Å². The minimum Gasteiger partial charge on any atom is -0.399 e. The second-order valence-electron chi connectivity index (χ2n) is 4.54. The fraction of sp³-hybridized carbons (Fsp3) is 0.571. The fourth-order valence-electron chi connectivity index (χ4n) is 1.82. The van der Waals surface area contributed by atoms with Gasteiger partial charge in [-0.05, 0) is 37.7 Å². The van der Waals surface area contributed by atoms with Gasteiger partial charge in [0.2, 0.25) is 0 Å². The van der Waals surface area contributed by atoms with E-state index < -0.39 is 0 Å². The van der Waals surface area contributed by atoms with Crippen LogP contribution >= 0.6 is 0 Å². The van der Waals surface area contributed by atoms with Crippen molar-refractivity contribution in [1.82, 2.24) is 4.90 Å². The Morgan fingerprint density at radius 1 is 1.06 bits per heavy atom. The Labute approximate surface area is 99.5 Å². The van der Waals surface area contributed by atoms with E-state index in [-0.39, 0.29) is 0 Å². The maximum absolute atomic E-state index is 5.66. The molecule has 16 heavy (non-hydrogen) atoms. The van der Waals surface area contributed by atoms with Crippen molar-refractivity contribution in [3.05, 3.63) is 29.8 Å². The Morgan fingerprint density at radius 2 is 1.75 bits per heavy atom. The lowest BCUT2D eigenvalue weighted by Crippen LogP contribution is -2.19. The molecule has 90 valence electrons. The molecule has 1 rings (SSSR count). The first-order valence-electron chi connectivity index (χ1n) is 6.25. The highest BCUT2D eigenvalue weighted by atomic mass is 15.1. The molecule has 2 N–H and O–H groups in total. The van der Waals surface area contributed by atoms with Gasteiger partial charge in [0, 0.05) is 12.2 Å². The molecule has 0 saturated heterocycles. The summed E-state index contributed by atoms with van der Waals surface area (Å²) in [7, 11) is 2.18. The van der Waals surface area contributed by atoms with Crippen molar-refractivity contribution in [2.75, 3.05) is 19.3 Å². The van der Waals surface area contributed by atoms with E-state index in [2.05, 4.69) is 31.0 Å². The summed E-state index contributed by atoms with van der Waals surface area (Å²) in [6, 6.07) is 8.16. The molecule has 0 radical (unpaired) electrons. The van der Waals surface area contributed by atoms with Gasteiger partial charge >= 0.3 is 0 Å². The SMILES string of the molecule is CCCCCCN(C)Cc1ccc(N)cc1. The summed E-state index contributed by atoms with van der Waals surface area (Å²) in [6.07, 6.45) is 5.32. The average molecular weight is 220 g/mol. The molecule has 0 unspecified atom stereocenters. The number of anilines is 1. The normalized spacial score (nSPS) is 10.9. The summed E-state index contributed by atoms with van der Waals surface area (Å²) in [5, 5.41) is 0. The first-order chi connectivity index (χ1) is 7.72. The van der Waals surface area contributed by atoms with Crippen LogP contribution < -0.4 is 5.73 Å². The molecule has 0 aliphatic rings. The van der Waals surface area contributed by atoms with E-state index >= 15 is 0 Å². The molecule has 0 aliphatic carbocycles. The van der Waals surface area contributed by atoms with Crippen LogP contribution in [0.5, 0.6) is 0 Å². The second-order valence-corrected chi connectivity index (χ2v) is 4.54. The highest BCUT2D eigenvalue weighted by Gasteiger charge is 1.99. The van der Waals surface area contributed by atoms with Gasteiger partial charge in [-0.15, -0.1) is 0 Å². The van der Waals surface area contributed by atoms with Gasteiger partial charge in [0.1, 0.15) is 0 Å². The summed E-state index contributed by atoms with van der Waals surface area (Å²) in [4.78, 5) is 2.38. The monoisotopic (exact) mass is 220 g/mol. The van der Waals surface area contributed by atoms with Gasteiger partial charge in [-0.25, -0.2) is 0 Å². The molecule has 0 atom stereocenters. The molecular weight excluding hydrogens is 196 g/mol. The lowest BCUT2D eigenvalue weighted by atomic mass is 10.1. The van der Waals surface area contributed by atoms with Crippen LogP contribution in [0.3, 0.4) is 0 Å². The lowest BCUT2D eigenvalue weighted by molar-refractivity contribution is 0.317. The van der Waals surface area contributed by atoms with Crippen molar-refractivity contribution in [1.29, 1.82) is 0 Å². The minimum atomic E-state index is 0.842. The van der Waals surface area contributed by atoms with Crippen molar-refractivity contribution in [2.24, 2.45) is 0 Å². The quantitative estimate of drug-likeness (QED) is 0.564. The summed E-state index contributed by atoms with van der Waals surface area (Å²) in [5.41, 5.74) is 7.84. The van der Waals surface area contributed by atoms with E-state index in [1.807, 2.05) is 12.1 Å². The molecule has 0 aliphatic heterocycles. The van der Waals surface area contributed by atoms with Crippen LogP contribution in [0.4, 0.5) is 5.69 Å². The largest absolute Gasteiger partial charge is 0.399 e. The van der Waals surface area contributed by atoms with Gasteiger partial charge in [-0.2, -0.15) is 0 Å². The van der Waals surface area contributed by atoms with E-state index in [4.69, 9.17) is 5.73 Å². The van der Waals surface area contributed by atoms with Gasteiger partial charge in [0.05, 0.1) is 0 Å². The van der Waals surface area contributed by atoms with E-state index in [9.17, 15) is 0 Å². The third-order valence-electron chi connectivity index (χ3n) is 2.83. The van der Waals surface area contributed by atoms with Crippen molar-refractivity contribution in [3.63, 3.8) is 0 Å². The van der Waals surface area contributed by atoms with Crippen LogP contribution in [0.15, 0.2) is 24.3 Å². The highest BCUT2D eigenvalue weighted by molar-refractivity contribution is 5.39. The number of unbranched alkanes of at least 4 members (excludes halogenated alkanes) is 3. The Kier molecular flexibility index (Phi) is 5.94.